The van der Waals surface area contributed by atoms with E-state index >= 15 is 0 Å². The summed E-state index contributed by atoms with van der Waals surface area (Å²) in [4.78, 5) is 4.50. The second-order valence-electron chi connectivity index (χ2n) is 5.77. The molecule has 0 radical (unpaired) electrons. The molecule has 114 valence electrons. The van der Waals surface area contributed by atoms with Crippen molar-refractivity contribution in [1.29, 1.82) is 0 Å². The van der Waals surface area contributed by atoms with Gasteiger partial charge < -0.3 is 14.6 Å². The van der Waals surface area contributed by atoms with Crippen LogP contribution in [0.4, 0.5) is 0 Å². The Morgan fingerprint density at radius 3 is 2.95 bits per heavy atom. The van der Waals surface area contributed by atoms with E-state index in [1.165, 1.54) is 25.7 Å². The molecule has 1 heterocycles. The first-order chi connectivity index (χ1) is 9.72. The molecule has 5 nitrogen and oxygen atoms in total. The van der Waals surface area contributed by atoms with E-state index in [0.29, 0.717) is 18.4 Å². The van der Waals surface area contributed by atoms with Gasteiger partial charge in [0.1, 0.15) is 0 Å². The fraction of sp³-hybridized carbons (Fsp3) is 0.867. The van der Waals surface area contributed by atoms with Gasteiger partial charge >= 0.3 is 0 Å². The lowest BCUT2D eigenvalue weighted by molar-refractivity contribution is 0.116. The van der Waals surface area contributed by atoms with Crippen LogP contribution in [0.2, 0.25) is 0 Å². The van der Waals surface area contributed by atoms with Crippen LogP contribution in [0.5, 0.6) is 0 Å². The van der Waals surface area contributed by atoms with Crippen molar-refractivity contribution < 1.29 is 9.26 Å². The zero-order valence-corrected chi connectivity index (χ0v) is 12.9. The van der Waals surface area contributed by atoms with Gasteiger partial charge in [-0.1, -0.05) is 24.9 Å². The molecule has 1 aromatic heterocycles. The molecule has 1 aliphatic rings. The van der Waals surface area contributed by atoms with Crippen LogP contribution < -0.4 is 5.32 Å². The third kappa shape index (κ3) is 4.28. The van der Waals surface area contributed by atoms with Crippen molar-refractivity contribution >= 4 is 0 Å². The molecule has 0 aromatic carbocycles. The fourth-order valence-electron chi connectivity index (χ4n) is 3.00. The third-order valence-electron chi connectivity index (χ3n) is 4.19. The second kappa shape index (κ2) is 7.74. The average molecular weight is 281 g/mol. The molecule has 1 fully saturated rings. The Morgan fingerprint density at radius 1 is 1.40 bits per heavy atom. The lowest BCUT2D eigenvalue weighted by atomic mass is 9.82. The van der Waals surface area contributed by atoms with E-state index in [9.17, 15) is 0 Å². The standard InChI is InChI=1S/C15H27N3O2/c1-4-16-13-8-6-5-7-12(13)10-15-17-14(18-20-15)9-11(2)19-3/h11-13,16H,4-10H2,1-3H3. The molecule has 0 saturated heterocycles. The van der Waals surface area contributed by atoms with Crippen molar-refractivity contribution in [1.82, 2.24) is 15.5 Å². The Kier molecular flexibility index (Phi) is 5.98. The molecular weight excluding hydrogens is 254 g/mol. The second-order valence-corrected chi connectivity index (χ2v) is 5.77. The molecule has 0 bridgehead atoms. The molecule has 1 N–H and O–H groups in total. The SMILES string of the molecule is CCNC1CCCCC1Cc1nc(CC(C)OC)no1. The third-order valence-corrected chi connectivity index (χ3v) is 4.19. The van der Waals surface area contributed by atoms with Gasteiger partial charge in [0.05, 0.1) is 6.10 Å². The summed E-state index contributed by atoms with van der Waals surface area (Å²) < 4.78 is 10.6. The van der Waals surface area contributed by atoms with Crippen LogP contribution in [0, 0.1) is 5.92 Å². The Balaban J connectivity index is 1.91. The number of hydrogen-bond acceptors (Lipinski definition) is 5. The van der Waals surface area contributed by atoms with E-state index in [1.807, 2.05) is 6.92 Å². The Hall–Kier alpha value is -0.940. The minimum Gasteiger partial charge on any atom is -0.381 e. The van der Waals surface area contributed by atoms with Gasteiger partial charge in [-0.15, -0.1) is 0 Å². The molecule has 1 aromatic rings. The topological polar surface area (TPSA) is 60.2 Å². The lowest BCUT2D eigenvalue weighted by Crippen LogP contribution is -2.39. The van der Waals surface area contributed by atoms with Gasteiger partial charge in [0.25, 0.3) is 0 Å². The largest absolute Gasteiger partial charge is 0.381 e. The maximum Gasteiger partial charge on any atom is 0.226 e. The molecule has 0 amide bonds. The molecule has 0 aliphatic heterocycles. The fourth-order valence-corrected chi connectivity index (χ4v) is 3.00. The Bertz CT molecular complexity index is 392. The maximum absolute atomic E-state index is 5.39. The first-order valence-electron chi connectivity index (χ1n) is 7.80. The highest BCUT2D eigenvalue weighted by molar-refractivity contribution is 4.93. The van der Waals surface area contributed by atoms with E-state index in [0.717, 1.165) is 24.7 Å². The van der Waals surface area contributed by atoms with Crippen LogP contribution >= 0.6 is 0 Å². The van der Waals surface area contributed by atoms with Gasteiger partial charge in [0.15, 0.2) is 5.82 Å². The van der Waals surface area contributed by atoms with Crippen LogP contribution in [-0.2, 0) is 17.6 Å². The van der Waals surface area contributed by atoms with Crippen molar-refractivity contribution in [3.63, 3.8) is 0 Å². The van der Waals surface area contributed by atoms with Crippen LogP contribution in [-0.4, -0.2) is 35.9 Å². The van der Waals surface area contributed by atoms with Gasteiger partial charge in [-0.25, -0.2) is 0 Å². The average Bonchev–Trinajstić information content (AvgIpc) is 2.88. The van der Waals surface area contributed by atoms with Crippen molar-refractivity contribution in [2.45, 2.75) is 64.5 Å². The quantitative estimate of drug-likeness (QED) is 0.831. The molecule has 20 heavy (non-hydrogen) atoms. The molecular formula is C15H27N3O2. The summed E-state index contributed by atoms with van der Waals surface area (Å²) in [6.45, 7) is 5.21. The highest BCUT2D eigenvalue weighted by Gasteiger charge is 2.26. The summed E-state index contributed by atoms with van der Waals surface area (Å²) in [5, 5.41) is 7.65. The van der Waals surface area contributed by atoms with Crippen molar-refractivity contribution in [3.8, 4) is 0 Å². The number of nitrogens with one attached hydrogen (secondary N) is 1. The number of aromatic nitrogens is 2. The van der Waals surface area contributed by atoms with Gasteiger partial charge in [0, 0.05) is 26.0 Å². The Labute approximate surface area is 121 Å². The molecule has 3 atom stereocenters. The van der Waals surface area contributed by atoms with Crippen molar-refractivity contribution in [2.75, 3.05) is 13.7 Å². The first kappa shape index (κ1) is 15.4. The summed E-state index contributed by atoms with van der Waals surface area (Å²) in [6.07, 6.45) is 6.89. The minimum atomic E-state index is 0.129. The molecule has 0 spiro atoms. The van der Waals surface area contributed by atoms with Gasteiger partial charge in [-0.05, 0) is 32.2 Å². The summed E-state index contributed by atoms with van der Waals surface area (Å²) in [7, 11) is 1.70. The van der Waals surface area contributed by atoms with E-state index in [2.05, 4.69) is 22.4 Å². The number of ether oxygens (including phenoxy) is 1. The van der Waals surface area contributed by atoms with Crippen molar-refractivity contribution in [2.24, 2.45) is 5.92 Å². The van der Waals surface area contributed by atoms with Crippen LogP contribution in [0.1, 0.15) is 51.2 Å². The summed E-state index contributed by atoms with van der Waals surface area (Å²) >= 11 is 0. The normalized spacial score (nSPS) is 24.8. The van der Waals surface area contributed by atoms with Crippen LogP contribution in [0.25, 0.3) is 0 Å². The zero-order chi connectivity index (χ0) is 14.4. The predicted octanol–water partition coefficient (Wildman–Crippen LogP) is 2.36. The molecule has 1 saturated carbocycles. The molecule has 1 aliphatic carbocycles. The number of nitrogens with zero attached hydrogens (tertiary/aromatic N) is 2. The van der Waals surface area contributed by atoms with Crippen molar-refractivity contribution in [3.05, 3.63) is 11.7 Å². The first-order valence-corrected chi connectivity index (χ1v) is 7.80. The van der Waals surface area contributed by atoms with E-state index < -0.39 is 0 Å². The molecule has 2 rings (SSSR count). The summed E-state index contributed by atoms with van der Waals surface area (Å²) in [5.41, 5.74) is 0. The van der Waals surface area contributed by atoms with Crippen LogP contribution in [0.15, 0.2) is 4.52 Å². The Morgan fingerprint density at radius 2 is 2.20 bits per heavy atom. The highest BCUT2D eigenvalue weighted by Crippen LogP contribution is 2.27. The molecule has 3 unspecified atom stereocenters. The van der Waals surface area contributed by atoms with E-state index in [-0.39, 0.29) is 6.10 Å². The molecule has 5 heteroatoms. The highest BCUT2D eigenvalue weighted by atomic mass is 16.5. The van der Waals surface area contributed by atoms with E-state index in [4.69, 9.17) is 9.26 Å². The minimum absolute atomic E-state index is 0.129. The maximum atomic E-state index is 5.39. The zero-order valence-electron chi connectivity index (χ0n) is 12.9. The van der Waals surface area contributed by atoms with Gasteiger partial charge in [0.2, 0.25) is 5.89 Å². The smallest absolute Gasteiger partial charge is 0.226 e. The number of rotatable bonds is 7. The summed E-state index contributed by atoms with van der Waals surface area (Å²) in [6, 6.07) is 0.599. The summed E-state index contributed by atoms with van der Waals surface area (Å²) in [5.74, 6) is 2.15. The number of hydrogen-bond donors (Lipinski definition) is 1. The predicted molar refractivity (Wildman–Crippen MR) is 77.6 cm³/mol. The van der Waals surface area contributed by atoms with Crippen LogP contribution in [0.3, 0.4) is 0 Å². The number of methoxy groups -OCH3 is 1. The van der Waals surface area contributed by atoms with E-state index in [1.54, 1.807) is 7.11 Å². The van der Waals surface area contributed by atoms with Gasteiger partial charge in [-0.3, -0.25) is 0 Å². The van der Waals surface area contributed by atoms with Gasteiger partial charge in [-0.2, -0.15) is 4.98 Å². The monoisotopic (exact) mass is 281 g/mol. The lowest BCUT2D eigenvalue weighted by Gasteiger charge is -2.31.